The molecule has 3 heterocycles. The van der Waals surface area contributed by atoms with Crippen LogP contribution >= 0.6 is 0 Å². The van der Waals surface area contributed by atoms with Crippen LogP contribution in [0.25, 0.3) is 22.0 Å². The predicted molar refractivity (Wildman–Crippen MR) is 157 cm³/mol. The monoisotopic (exact) mass is 578 g/mol. The maximum atomic E-state index is 13.1. The lowest BCUT2D eigenvalue weighted by Gasteiger charge is -2.35. The maximum absolute atomic E-state index is 13.1. The van der Waals surface area contributed by atoms with Crippen LogP contribution in [0.2, 0.25) is 0 Å². The second-order valence-corrected chi connectivity index (χ2v) is 12.3. The number of ether oxygens (including phenoxy) is 1. The summed E-state index contributed by atoms with van der Waals surface area (Å²) in [4.78, 5) is 40.8. The van der Waals surface area contributed by atoms with Gasteiger partial charge < -0.3 is 14.5 Å². The smallest absolute Gasteiger partial charge is 0.246 e. The van der Waals surface area contributed by atoms with E-state index in [2.05, 4.69) is 24.6 Å². The Hall–Kier alpha value is -4.06. The fourth-order valence-electron chi connectivity index (χ4n) is 5.37. The largest absolute Gasteiger partial charge is 0.480 e. The van der Waals surface area contributed by atoms with Gasteiger partial charge in [0.1, 0.15) is 17.8 Å². The van der Waals surface area contributed by atoms with Crippen molar-refractivity contribution in [2.45, 2.75) is 44.3 Å². The van der Waals surface area contributed by atoms with Crippen LogP contribution < -0.4 is 14.4 Å². The number of piperazine rings is 1. The topological polar surface area (TPSA) is 135 Å². The molecular formula is C29H34N6O5S. The van der Waals surface area contributed by atoms with Crippen molar-refractivity contribution in [3.8, 4) is 17.0 Å². The number of nitrogens with one attached hydrogen (secondary N) is 1. The molecule has 1 amide bonds. The highest BCUT2D eigenvalue weighted by Gasteiger charge is 2.28. The zero-order valence-corrected chi connectivity index (χ0v) is 24.1. The first-order valence-corrected chi connectivity index (χ1v) is 15.3. The molecule has 1 saturated heterocycles. The molecule has 1 N–H and O–H groups in total. The van der Waals surface area contributed by atoms with E-state index in [4.69, 9.17) is 4.74 Å². The SMILES string of the molecule is COc1ncc(-c2ccc3ncnc(N4CCN(C(=O)/C=C/C(C)=O)CC4)c3c2)cc1NS(=O)(=O)C1CCCCC1. The molecule has 11 nitrogen and oxygen atoms in total. The molecular weight excluding hydrogens is 544 g/mol. The van der Waals surface area contributed by atoms with E-state index in [1.54, 1.807) is 17.2 Å². The molecule has 2 aliphatic rings. The van der Waals surface area contributed by atoms with Gasteiger partial charge in [0.05, 0.1) is 17.9 Å². The molecule has 1 saturated carbocycles. The predicted octanol–water partition coefficient (Wildman–Crippen LogP) is 3.57. The first-order valence-electron chi connectivity index (χ1n) is 13.8. The van der Waals surface area contributed by atoms with Crippen LogP contribution in [0.4, 0.5) is 11.5 Å². The summed E-state index contributed by atoms with van der Waals surface area (Å²) in [6.07, 6.45) is 9.96. The summed E-state index contributed by atoms with van der Waals surface area (Å²) < 4.78 is 34.4. The molecule has 12 heteroatoms. The fraction of sp³-hybridized carbons (Fsp3) is 0.414. The third-order valence-electron chi connectivity index (χ3n) is 7.59. The van der Waals surface area contributed by atoms with Gasteiger partial charge in [0.25, 0.3) is 0 Å². The van der Waals surface area contributed by atoms with E-state index in [-0.39, 0.29) is 17.6 Å². The average Bonchev–Trinajstić information content (AvgIpc) is 2.99. The minimum atomic E-state index is -3.59. The number of rotatable bonds is 8. The number of aromatic nitrogens is 3. The van der Waals surface area contributed by atoms with E-state index in [1.807, 2.05) is 18.2 Å². The van der Waals surface area contributed by atoms with Gasteiger partial charge in [-0.2, -0.15) is 0 Å². The molecule has 0 unspecified atom stereocenters. The molecule has 5 rings (SSSR count). The lowest BCUT2D eigenvalue weighted by atomic mass is 10.0. The second-order valence-electron chi connectivity index (χ2n) is 10.4. The van der Waals surface area contributed by atoms with Crippen LogP contribution in [0.5, 0.6) is 5.88 Å². The molecule has 2 aromatic heterocycles. The van der Waals surface area contributed by atoms with Crippen molar-refractivity contribution in [3.63, 3.8) is 0 Å². The lowest BCUT2D eigenvalue weighted by molar-refractivity contribution is -0.126. The summed E-state index contributed by atoms with van der Waals surface area (Å²) in [5.74, 6) is 0.615. The highest BCUT2D eigenvalue weighted by molar-refractivity contribution is 7.93. The summed E-state index contributed by atoms with van der Waals surface area (Å²) in [7, 11) is -2.12. The first-order chi connectivity index (χ1) is 19.7. The normalized spacial score (nSPS) is 16.7. The highest BCUT2D eigenvalue weighted by Crippen LogP contribution is 2.34. The van der Waals surface area contributed by atoms with Crippen LogP contribution in [0, 0.1) is 0 Å². The Labute approximate surface area is 239 Å². The molecule has 41 heavy (non-hydrogen) atoms. The van der Waals surface area contributed by atoms with Crippen LogP contribution in [0.3, 0.4) is 0 Å². The van der Waals surface area contributed by atoms with Crippen molar-refractivity contribution in [3.05, 3.63) is 48.9 Å². The van der Waals surface area contributed by atoms with Gasteiger partial charge in [-0.1, -0.05) is 25.3 Å². The fourth-order valence-corrected chi connectivity index (χ4v) is 6.94. The summed E-state index contributed by atoms with van der Waals surface area (Å²) >= 11 is 0. The molecule has 2 fully saturated rings. The Morgan fingerprint density at radius 3 is 2.44 bits per heavy atom. The number of anilines is 2. The molecule has 1 aromatic carbocycles. The van der Waals surface area contributed by atoms with Crippen molar-refractivity contribution in [2.24, 2.45) is 0 Å². The minimum absolute atomic E-state index is 0.166. The van der Waals surface area contributed by atoms with Crippen LogP contribution in [0.15, 0.2) is 48.9 Å². The average molecular weight is 579 g/mol. The highest BCUT2D eigenvalue weighted by atomic mass is 32.2. The van der Waals surface area contributed by atoms with Gasteiger partial charge in [-0.05, 0) is 49.6 Å². The molecule has 1 aliphatic heterocycles. The van der Waals surface area contributed by atoms with Crippen LogP contribution in [-0.2, 0) is 19.6 Å². The molecule has 3 aromatic rings. The molecule has 0 radical (unpaired) electrons. The van der Waals surface area contributed by atoms with Gasteiger partial charge in [0.15, 0.2) is 5.78 Å². The van der Waals surface area contributed by atoms with Gasteiger partial charge in [-0.25, -0.2) is 23.4 Å². The quantitative estimate of drug-likeness (QED) is 0.398. The van der Waals surface area contributed by atoms with Gasteiger partial charge in [-0.3, -0.25) is 14.3 Å². The Morgan fingerprint density at radius 2 is 1.73 bits per heavy atom. The number of amides is 1. The zero-order valence-electron chi connectivity index (χ0n) is 23.2. The van der Waals surface area contributed by atoms with E-state index in [1.165, 1.54) is 32.5 Å². The third kappa shape index (κ3) is 6.48. The Bertz CT molecular complexity index is 1580. The maximum Gasteiger partial charge on any atom is 0.246 e. The lowest BCUT2D eigenvalue weighted by Crippen LogP contribution is -2.48. The standard InChI is InChI=1S/C29H34N6O5S/c1-20(36)8-11-27(37)34-12-14-35(15-13-34)28-24-16-21(9-10-25(24)31-19-32-28)22-17-26(29(40-2)30-18-22)33-41(38,39)23-6-4-3-5-7-23/h8-11,16-19,23,33H,3-7,12-15H2,1-2H3/b11-8+. The van der Waals surface area contributed by atoms with E-state index in [0.29, 0.717) is 44.7 Å². The molecule has 216 valence electrons. The number of carbonyl (C=O) groups excluding carboxylic acids is 2. The summed E-state index contributed by atoms with van der Waals surface area (Å²) in [5, 5.41) is 0.410. The van der Waals surface area contributed by atoms with Crippen LogP contribution in [-0.4, -0.2) is 78.5 Å². The number of carbonyl (C=O) groups is 2. The Kier molecular flexibility index (Phi) is 8.48. The number of hydrogen-bond donors (Lipinski definition) is 1. The number of allylic oxidation sites excluding steroid dienone is 1. The summed E-state index contributed by atoms with van der Waals surface area (Å²) in [5.41, 5.74) is 2.61. The molecule has 0 bridgehead atoms. The van der Waals surface area contributed by atoms with E-state index in [9.17, 15) is 18.0 Å². The second kappa shape index (κ2) is 12.2. The van der Waals surface area contributed by atoms with Crippen molar-refractivity contribution < 1.29 is 22.7 Å². The number of ketones is 1. The van der Waals surface area contributed by atoms with Crippen molar-refractivity contribution in [1.29, 1.82) is 0 Å². The Balaban J connectivity index is 1.40. The number of benzene rings is 1. The number of hydrogen-bond acceptors (Lipinski definition) is 9. The first kappa shape index (κ1) is 28.5. The summed E-state index contributed by atoms with van der Waals surface area (Å²) in [6.45, 7) is 3.56. The van der Waals surface area contributed by atoms with E-state index >= 15 is 0 Å². The minimum Gasteiger partial charge on any atom is -0.480 e. The molecule has 1 aliphatic carbocycles. The zero-order chi connectivity index (χ0) is 29.0. The number of sulfonamides is 1. The van der Waals surface area contributed by atoms with Crippen molar-refractivity contribution in [2.75, 3.05) is 42.9 Å². The van der Waals surface area contributed by atoms with Gasteiger partial charge in [0.2, 0.25) is 21.8 Å². The van der Waals surface area contributed by atoms with Crippen LogP contribution in [0.1, 0.15) is 39.0 Å². The van der Waals surface area contributed by atoms with Crippen molar-refractivity contribution in [1.82, 2.24) is 19.9 Å². The molecule has 0 atom stereocenters. The van der Waals surface area contributed by atoms with Crippen molar-refractivity contribution >= 4 is 44.1 Å². The van der Waals surface area contributed by atoms with Gasteiger partial charge in [0, 0.05) is 49.4 Å². The molecule has 0 spiro atoms. The van der Waals surface area contributed by atoms with Gasteiger partial charge in [-0.15, -0.1) is 0 Å². The van der Waals surface area contributed by atoms with E-state index < -0.39 is 15.3 Å². The number of fused-ring (bicyclic) bond motifs is 1. The summed E-state index contributed by atoms with van der Waals surface area (Å²) in [6, 6.07) is 7.54. The van der Waals surface area contributed by atoms with E-state index in [0.717, 1.165) is 47.1 Å². The number of methoxy groups -OCH3 is 1. The number of pyridine rings is 1. The van der Waals surface area contributed by atoms with Gasteiger partial charge >= 0.3 is 0 Å². The number of nitrogens with zero attached hydrogens (tertiary/aromatic N) is 5. The third-order valence-corrected chi connectivity index (χ3v) is 9.44. The Morgan fingerprint density at radius 1 is 0.976 bits per heavy atom.